The van der Waals surface area contributed by atoms with Crippen molar-refractivity contribution in [1.29, 1.82) is 0 Å². The van der Waals surface area contributed by atoms with Gasteiger partial charge in [0.2, 0.25) is 0 Å². The predicted octanol–water partition coefficient (Wildman–Crippen LogP) is 20.9. The third-order valence-corrected chi connectivity index (χ3v) is 13.4. The molecule has 0 aromatic rings. The van der Waals surface area contributed by atoms with Gasteiger partial charge < -0.3 is 14.2 Å². The van der Waals surface area contributed by atoms with Crippen molar-refractivity contribution in [1.82, 2.24) is 0 Å². The summed E-state index contributed by atoms with van der Waals surface area (Å²) in [5.74, 6) is -0.907. The highest BCUT2D eigenvalue weighted by Gasteiger charge is 2.19. The van der Waals surface area contributed by atoms with E-state index in [1.54, 1.807) is 0 Å². The Balaban J connectivity index is 4.34. The lowest BCUT2D eigenvalue weighted by molar-refractivity contribution is -0.167. The first-order chi connectivity index (χ1) is 35.5. The van der Waals surface area contributed by atoms with Gasteiger partial charge in [-0.3, -0.25) is 14.4 Å². The molecular formula is C66H116O6. The van der Waals surface area contributed by atoms with Gasteiger partial charge >= 0.3 is 17.9 Å². The summed E-state index contributed by atoms with van der Waals surface area (Å²) in [6, 6.07) is 0. The van der Waals surface area contributed by atoms with Crippen LogP contribution >= 0.6 is 0 Å². The molecule has 0 aliphatic heterocycles. The summed E-state index contributed by atoms with van der Waals surface area (Å²) in [4.78, 5) is 38.2. The van der Waals surface area contributed by atoms with Gasteiger partial charge in [0.05, 0.1) is 0 Å². The average molecular weight is 1010 g/mol. The van der Waals surface area contributed by atoms with E-state index in [-0.39, 0.29) is 31.1 Å². The van der Waals surface area contributed by atoms with Gasteiger partial charge in [0, 0.05) is 19.3 Å². The number of carbonyl (C=O) groups excluding carboxylic acids is 3. The van der Waals surface area contributed by atoms with Crippen LogP contribution in [-0.4, -0.2) is 37.2 Å². The predicted molar refractivity (Wildman–Crippen MR) is 311 cm³/mol. The molecule has 0 aliphatic rings. The highest BCUT2D eigenvalue weighted by molar-refractivity contribution is 5.71. The molecule has 0 bridgehead atoms. The van der Waals surface area contributed by atoms with Crippen LogP contribution in [0, 0.1) is 0 Å². The molecule has 0 rings (SSSR count). The lowest BCUT2D eigenvalue weighted by Crippen LogP contribution is -2.30. The molecule has 416 valence electrons. The molecule has 0 saturated heterocycles. The molecule has 0 heterocycles. The lowest BCUT2D eigenvalue weighted by atomic mass is 10.0. The molecule has 6 nitrogen and oxygen atoms in total. The Bertz CT molecular complexity index is 1340. The maximum absolute atomic E-state index is 12.9. The number of carbonyl (C=O) groups is 3. The van der Waals surface area contributed by atoms with Gasteiger partial charge in [0.25, 0.3) is 0 Å². The number of unbranched alkanes of at least 4 members (excludes halogenated alkanes) is 33. The van der Waals surface area contributed by atoms with Gasteiger partial charge in [0.1, 0.15) is 13.2 Å². The van der Waals surface area contributed by atoms with E-state index in [0.717, 1.165) is 96.3 Å². The van der Waals surface area contributed by atoms with Gasteiger partial charge in [-0.25, -0.2) is 0 Å². The number of hydrogen-bond acceptors (Lipinski definition) is 6. The molecule has 0 saturated carbocycles. The molecule has 0 aromatic heterocycles. The van der Waals surface area contributed by atoms with Gasteiger partial charge in [-0.15, -0.1) is 0 Å². The standard InChI is InChI=1S/C66H116O6/c1-4-7-10-13-16-19-22-25-27-29-31-32-33-34-36-37-39-41-44-47-50-53-56-59-65(68)71-62-63(61-70-64(67)58-55-52-49-46-43-24-21-18-15-12-9-6-3)72-66(69)60-57-54-51-48-45-42-40-38-35-30-28-26-23-20-17-14-11-8-5-2/h8,11,17,20,26,28-29,31,35,38,42,45,63H,4-7,9-10,12-16,18-19,21-25,27,30,32-34,36-37,39-41,43-44,46-62H2,1-3H3/b11-8-,20-17-,28-26-,31-29-,38-35-,45-42-. The number of esters is 3. The van der Waals surface area contributed by atoms with Crippen LogP contribution in [0.5, 0.6) is 0 Å². The topological polar surface area (TPSA) is 78.9 Å². The van der Waals surface area contributed by atoms with E-state index in [1.165, 1.54) is 173 Å². The van der Waals surface area contributed by atoms with E-state index in [2.05, 4.69) is 93.7 Å². The molecule has 0 spiro atoms. The van der Waals surface area contributed by atoms with Crippen LogP contribution in [0.25, 0.3) is 0 Å². The van der Waals surface area contributed by atoms with Crippen molar-refractivity contribution in [3.63, 3.8) is 0 Å². The molecule has 0 amide bonds. The minimum Gasteiger partial charge on any atom is -0.462 e. The van der Waals surface area contributed by atoms with Gasteiger partial charge in [0.15, 0.2) is 6.10 Å². The van der Waals surface area contributed by atoms with Crippen LogP contribution in [0.15, 0.2) is 72.9 Å². The Labute approximate surface area is 446 Å². The largest absolute Gasteiger partial charge is 0.462 e. The zero-order chi connectivity index (χ0) is 52.2. The van der Waals surface area contributed by atoms with Gasteiger partial charge in [-0.05, 0) is 89.9 Å². The van der Waals surface area contributed by atoms with Crippen molar-refractivity contribution in [2.75, 3.05) is 13.2 Å². The maximum atomic E-state index is 12.9. The molecule has 0 radical (unpaired) electrons. The minimum atomic E-state index is -0.792. The van der Waals surface area contributed by atoms with E-state index >= 15 is 0 Å². The third kappa shape index (κ3) is 57.7. The fourth-order valence-corrected chi connectivity index (χ4v) is 8.82. The van der Waals surface area contributed by atoms with Crippen molar-refractivity contribution in [2.24, 2.45) is 0 Å². The molecule has 0 aliphatic carbocycles. The summed E-state index contributed by atoms with van der Waals surface area (Å²) >= 11 is 0. The van der Waals surface area contributed by atoms with E-state index in [0.29, 0.717) is 19.3 Å². The van der Waals surface area contributed by atoms with Crippen molar-refractivity contribution in [3.05, 3.63) is 72.9 Å². The Hall–Kier alpha value is -3.15. The third-order valence-electron chi connectivity index (χ3n) is 13.4. The monoisotopic (exact) mass is 1000 g/mol. The zero-order valence-corrected chi connectivity index (χ0v) is 47.7. The van der Waals surface area contributed by atoms with Gasteiger partial charge in [-0.1, -0.05) is 273 Å². The van der Waals surface area contributed by atoms with Crippen LogP contribution in [0.3, 0.4) is 0 Å². The van der Waals surface area contributed by atoms with Crippen LogP contribution in [-0.2, 0) is 28.6 Å². The first-order valence-electron chi connectivity index (χ1n) is 30.9. The number of ether oxygens (including phenoxy) is 3. The van der Waals surface area contributed by atoms with Crippen LogP contribution in [0.1, 0.15) is 310 Å². The summed E-state index contributed by atoms with van der Waals surface area (Å²) in [6.07, 6.45) is 77.6. The second-order valence-electron chi connectivity index (χ2n) is 20.6. The summed E-state index contributed by atoms with van der Waals surface area (Å²) in [5.41, 5.74) is 0. The smallest absolute Gasteiger partial charge is 0.306 e. The molecule has 0 fully saturated rings. The number of rotatable bonds is 56. The van der Waals surface area contributed by atoms with E-state index in [9.17, 15) is 14.4 Å². The summed E-state index contributed by atoms with van der Waals surface area (Å²) < 4.78 is 16.9. The van der Waals surface area contributed by atoms with Crippen molar-refractivity contribution in [3.8, 4) is 0 Å². The maximum Gasteiger partial charge on any atom is 0.306 e. The lowest BCUT2D eigenvalue weighted by Gasteiger charge is -2.18. The Morgan fingerprint density at radius 2 is 0.542 bits per heavy atom. The zero-order valence-electron chi connectivity index (χ0n) is 47.7. The Morgan fingerprint density at radius 1 is 0.292 bits per heavy atom. The van der Waals surface area contributed by atoms with E-state index < -0.39 is 6.10 Å². The summed E-state index contributed by atoms with van der Waals surface area (Å²) in [7, 11) is 0. The van der Waals surface area contributed by atoms with E-state index in [1.807, 2.05) is 0 Å². The van der Waals surface area contributed by atoms with Crippen molar-refractivity contribution in [2.45, 2.75) is 316 Å². The fourth-order valence-electron chi connectivity index (χ4n) is 8.82. The van der Waals surface area contributed by atoms with Crippen LogP contribution in [0.4, 0.5) is 0 Å². The Kier molecular flexibility index (Phi) is 57.8. The average Bonchev–Trinajstić information content (AvgIpc) is 3.38. The number of hydrogen-bond donors (Lipinski definition) is 0. The molecular weight excluding hydrogens is 889 g/mol. The summed E-state index contributed by atoms with van der Waals surface area (Å²) in [6.45, 7) is 6.53. The van der Waals surface area contributed by atoms with Crippen molar-refractivity contribution >= 4 is 17.9 Å². The highest BCUT2D eigenvalue weighted by atomic mass is 16.6. The fraction of sp³-hybridized carbons (Fsp3) is 0.773. The Morgan fingerprint density at radius 3 is 0.875 bits per heavy atom. The second-order valence-corrected chi connectivity index (χ2v) is 20.6. The van der Waals surface area contributed by atoms with Crippen LogP contribution in [0.2, 0.25) is 0 Å². The van der Waals surface area contributed by atoms with Crippen LogP contribution < -0.4 is 0 Å². The SMILES string of the molecule is CC/C=C\C/C=C\C/C=C\C/C=C\C/C=C\CCCCCC(=O)OC(COC(=O)CCCCCCCCCCCCCC)COC(=O)CCCCCCCCCCCCC/C=C\CCCCCCCCCC. The molecule has 1 unspecified atom stereocenters. The molecule has 1 atom stereocenters. The second kappa shape index (κ2) is 60.4. The van der Waals surface area contributed by atoms with Gasteiger partial charge in [-0.2, -0.15) is 0 Å². The summed E-state index contributed by atoms with van der Waals surface area (Å²) in [5, 5.41) is 0. The molecule has 72 heavy (non-hydrogen) atoms. The normalized spacial score (nSPS) is 12.5. The first-order valence-corrected chi connectivity index (χ1v) is 30.9. The molecule has 0 aromatic carbocycles. The molecule has 0 N–H and O–H groups in total. The van der Waals surface area contributed by atoms with Crippen molar-refractivity contribution < 1.29 is 28.6 Å². The van der Waals surface area contributed by atoms with E-state index in [4.69, 9.17) is 14.2 Å². The quantitative estimate of drug-likeness (QED) is 0.0261. The minimum absolute atomic E-state index is 0.0863. The highest BCUT2D eigenvalue weighted by Crippen LogP contribution is 2.16. The molecule has 6 heteroatoms. The first kappa shape index (κ1) is 68.8. The number of allylic oxidation sites excluding steroid dienone is 12.